The third-order valence-corrected chi connectivity index (χ3v) is 5.94. The van der Waals surface area contributed by atoms with Crippen LogP contribution in [0.25, 0.3) is 0 Å². The second-order valence-corrected chi connectivity index (χ2v) is 8.09. The number of hydrogen-bond donors (Lipinski definition) is 0. The third kappa shape index (κ3) is 3.44. The first-order valence-corrected chi connectivity index (χ1v) is 9.13. The van der Waals surface area contributed by atoms with Gasteiger partial charge in [0, 0.05) is 23.8 Å². The smallest absolute Gasteiger partial charge is 0.207 e. The van der Waals surface area contributed by atoms with Crippen LogP contribution in [-0.2, 0) is 19.1 Å². The van der Waals surface area contributed by atoms with E-state index in [1.165, 1.54) is 0 Å². The fraction of sp³-hybridized carbons (Fsp3) is 0.400. The van der Waals surface area contributed by atoms with Gasteiger partial charge in [0.1, 0.15) is 10.7 Å². The Hall–Kier alpha value is -0.700. The van der Waals surface area contributed by atoms with Gasteiger partial charge in [0.05, 0.1) is 4.90 Å². The Labute approximate surface area is 116 Å². The van der Waals surface area contributed by atoms with E-state index < -0.39 is 34.7 Å². The van der Waals surface area contributed by atoms with Crippen LogP contribution < -0.4 is 0 Å². The quantitative estimate of drug-likeness (QED) is 0.772. The number of rotatable bonds is 5. The molecule has 0 saturated heterocycles. The Balaban J connectivity index is 3.39. The van der Waals surface area contributed by atoms with Crippen molar-refractivity contribution in [3.8, 4) is 0 Å². The van der Waals surface area contributed by atoms with E-state index in [9.17, 15) is 21.2 Å². The highest BCUT2D eigenvalue weighted by Gasteiger charge is 2.26. The summed E-state index contributed by atoms with van der Waals surface area (Å²) < 4.78 is 61.1. The molecular formula is C10H13ClFNO4S2. The predicted molar refractivity (Wildman–Crippen MR) is 69.5 cm³/mol. The van der Waals surface area contributed by atoms with Crippen molar-refractivity contribution in [2.45, 2.75) is 23.6 Å². The first-order valence-electron chi connectivity index (χ1n) is 5.39. The number of benzene rings is 1. The fourth-order valence-corrected chi connectivity index (χ4v) is 3.81. The lowest BCUT2D eigenvalue weighted by atomic mass is 10.3. The zero-order valence-electron chi connectivity index (χ0n) is 10.3. The second-order valence-electron chi connectivity index (χ2n) is 3.62. The molecular weight excluding hydrogens is 317 g/mol. The average molecular weight is 330 g/mol. The van der Waals surface area contributed by atoms with Crippen molar-refractivity contribution >= 4 is 29.8 Å². The summed E-state index contributed by atoms with van der Waals surface area (Å²) >= 11 is 0. The molecule has 0 radical (unpaired) electrons. The van der Waals surface area contributed by atoms with E-state index in [0.717, 1.165) is 16.4 Å². The van der Waals surface area contributed by atoms with Gasteiger partial charge in [-0.2, -0.15) is 4.31 Å². The van der Waals surface area contributed by atoms with Crippen molar-refractivity contribution in [2.75, 3.05) is 13.1 Å². The molecule has 0 spiro atoms. The van der Waals surface area contributed by atoms with Crippen molar-refractivity contribution in [2.24, 2.45) is 0 Å². The summed E-state index contributed by atoms with van der Waals surface area (Å²) in [6.07, 6.45) is 0. The summed E-state index contributed by atoms with van der Waals surface area (Å²) in [6.45, 7) is 3.62. The molecule has 0 atom stereocenters. The lowest BCUT2D eigenvalue weighted by Crippen LogP contribution is -2.31. The van der Waals surface area contributed by atoms with E-state index in [0.29, 0.717) is 6.07 Å². The molecule has 19 heavy (non-hydrogen) atoms. The standard InChI is InChI=1S/C10H13ClFNO4S2/c1-3-13(4-2)19(16,17)10-6-5-8(7-9(10)12)18(11,14)15/h5-7H,3-4H2,1-2H3. The summed E-state index contributed by atoms with van der Waals surface area (Å²) in [5.74, 6) is -1.14. The summed E-state index contributed by atoms with van der Waals surface area (Å²) in [5, 5.41) is 0. The molecule has 0 amide bonds. The minimum Gasteiger partial charge on any atom is -0.207 e. The maximum atomic E-state index is 13.8. The van der Waals surface area contributed by atoms with E-state index in [2.05, 4.69) is 0 Å². The van der Waals surface area contributed by atoms with Crippen LogP contribution >= 0.6 is 10.7 Å². The summed E-state index contributed by atoms with van der Waals surface area (Å²) in [5.41, 5.74) is 0. The van der Waals surface area contributed by atoms with E-state index in [4.69, 9.17) is 10.7 Å². The topological polar surface area (TPSA) is 71.5 Å². The molecule has 0 aliphatic heterocycles. The monoisotopic (exact) mass is 329 g/mol. The van der Waals surface area contributed by atoms with Crippen molar-refractivity contribution < 1.29 is 21.2 Å². The van der Waals surface area contributed by atoms with Crippen molar-refractivity contribution in [1.29, 1.82) is 0 Å². The largest absolute Gasteiger partial charge is 0.261 e. The molecule has 0 heterocycles. The molecule has 0 N–H and O–H groups in total. The highest BCUT2D eigenvalue weighted by Crippen LogP contribution is 2.23. The number of nitrogens with zero attached hydrogens (tertiary/aromatic N) is 1. The van der Waals surface area contributed by atoms with Crippen LogP contribution in [0.5, 0.6) is 0 Å². The molecule has 1 rings (SSSR count). The zero-order valence-corrected chi connectivity index (χ0v) is 12.7. The van der Waals surface area contributed by atoms with Crippen LogP contribution in [0, 0.1) is 5.82 Å². The third-order valence-electron chi connectivity index (χ3n) is 2.51. The molecule has 0 saturated carbocycles. The summed E-state index contributed by atoms with van der Waals surface area (Å²) in [6, 6.07) is 2.46. The minimum atomic E-state index is -4.10. The van der Waals surface area contributed by atoms with Gasteiger partial charge < -0.3 is 0 Å². The van der Waals surface area contributed by atoms with E-state index in [1.807, 2.05) is 0 Å². The van der Waals surface area contributed by atoms with Gasteiger partial charge in [0.25, 0.3) is 9.05 Å². The maximum Gasteiger partial charge on any atom is 0.261 e. The Morgan fingerprint density at radius 1 is 1.16 bits per heavy atom. The Bertz CT molecular complexity index is 669. The van der Waals surface area contributed by atoms with Crippen LogP contribution in [-0.4, -0.2) is 34.2 Å². The molecule has 0 aliphatic carbocycles. The van der Waals surface area contributed by atoms with Gasteiger partial charge in [-0.1, -0.05) is 13.8 Å². The van der Waals surface area contributed by atoms with Gasteiger partial charge in [0.2, 0.25) is 10.0 Å². The van der Waals surface area contributed by atoms with Crippen LogP contribution in [0.2, 0.25) is 0 Å². The summed E-state index contributed by atoms with van der Waals surface area (Å²) in [4.78, 5) is -1.05. The molecule has 0 bridgehead atoms. The lowest BCUT2D eigenvalue weighted by Gasteiger charge is -2.18. The molecule has 0 aliphatic rings. The minimum absolute atomic E-state index is 0.188. The highest BCUT2D eigenvalue weighted by atomic mass is 35.7. The van der Waals surface area contributed by atoms with Crippen LogP contribution in [0.15, 0.2) is 28.0 Å². The number of hydrogen-bond acceptors (Lipinski definition) is 4. The molecule has 1 aromatic rings. The maximum absolute atomic E-state index is 13.8. The van der Waals surface area contributed by atoms with E-state index in [1.54, 1.807) is 13.8 Å². The molecule has 108 valence electrons. The highest BCUT2D eigenvalue weighted by molar-refractivity contribution is 8.13. The Morgan fingerprint density at radius 3 is 2.05 bits per heavy atom. The second kappa shape index (κ2) is 5.74. The van der Waals surface area contributed by atoms with Crippen molar-refractivity contribution in [3.63, 3.8) is 0 Å². The predicted octanol–water partition coefficient (Wildman–Crippen LogP) is 1.78. The summed E-state index contributed by atoms with van der Waals surface area (Å²) in [7, 11) is -3.01. The molecule has 9 heteroatoms. The van der Waals surface area contributed by atoms with Gasteiger partial charge in [-0.05, 0) is 18.2 Å². The van der Waals surface area contributed by atoms with Gasteiger partial charge >= 0.3 is 0 Å². The first-order chi connectivity index (χ1) is 8.64. The normalized spacial score (nSPS) is 12.9. The van der Waals surface area contributed by atoms with Crippen molar-refractivity contribution in [1.82, 2.24) is 4.31 Å². The fourth-order valence-electron chi connectivity index (χ4n) is 1.55. The Kier molecular flexibility index (Phi) is 4.94. The van der Waals surface area contributed by atoms with Crippen LogP contribution in [0.4, 0.5) is 4.39 Å². The number of halogens is 2. The number of sulfonamides is 1. The average Bonchev–Trinajstić information content (AvgIpc) is 2.28. The van der Waals surface area contributed by atoms with Gasteiger partial charge in [-0.25, -0.2) is 21.2 Å². The molecule has 0 fully saturated rings. The molecule has 1 aromatic carbocycles. The SMILES string of the molecule is CCN(CC)S(=O)(=O)c1ccc(S(=O)(=O)Cl)cc1F. The van der Waals surface area contributed by atoms with Crippen molar-refractivity contribution in [3.05, 3.63) is 24.0 Å². The zero-order chi connectivity index (χ0) is 14.8. The van der Waals surface area contributed by atoms with Gasteiger partial charge in [-0.15, -0.1) is 0 Å². The van der Waals surface area contributed by atoms with Gasteiger partial charge in [0.15, 0.2) is 0 Å². The van der Waals surface area contributed by atoms with Crippen LogP contribution in [0.1, 0.15) is 13.8 Å². The molecule has 0 aromatic heterocycles. The Morgan fingerprint density at radius 2 is 1.68 bits per heavy atom. The molecule has 0 unspecified atom stereocenters. The lowest BCUT2D eigenvalue weighted by molar-refractivity contribution is 0.439. The molecule has 5 nitrogen and oxygen atoms in total. The first kappa shape index (κ1) is 16.4. The van der Waals surface area contributed by atoms with E-state index >= 15 is 0 Å². The van der Waals surface area contributed by atoms with Gasteiger partial charge in [-0.3, -0.25) is 0 Å². The van der Waals surface area contributed by atoms with Crippen LogP contribution in [0.3, 0.4) is 0 Å². The van der Waals surface area contributed by atoms with E-state index in [-0.39, 0.29) is 13.1 Å².